The summed E-state index contributed by atoms with van der Waals surface area (Å²) in [6.07, 6.45) is 0. The topological polar surface area (TPSA) is 81.2 Å². The smallest absolute Gasteiger partial charge is 0.142 e. The number of nitriles is 1. The summed E-state index contributed by atoms with van der Waals surface area (Å²) in [5, 5.41) is 9.76. The lowest BCUT2D eigenvalue weighted by Crippen LogP contribution is -2.04. The number of methoxy groups -OCH3 is 1. The number of rotatable bonds is 5. The molecule has 0 aliphatic rings. The van der Waals surface area contributed by atoms with Crippen molar-refractivity contribution in [3.8, 4) is 39.8 Å². The molecule has 0 saturated heterocycles. The number of hydrogen-bond donors (Lipinski definition) is 1. The lowest BCUT2D eigenvalue weighted by Gasteiger charge is -2.18. The average Bonchev–Trinajstić information content (AvgIpc) is 2.68. The Morgan fingerprint density at radius 1 is 1.07 bits per heavy atom. The fourth-order valence-electron chi connectivity index (χ4n) is 3.19. The van der Waals surface area contributed by atoms with Crippen LogP contribution in [0.15, 0.2) is 48.5 Å². The monoisotopic (exact) mass is 359 g/mol. The Balaban J connectivity index is 2.33. The SMILES string of the molecule is CCOc1ccc(-c2c(C#N)c(N)nc(C)c2-c2ccccc2OC)cc1. The number of nitrogens with two attached hydrogens (primary N) is 1. The second kappa shape index (κ2) is 7.79. The number of aryl methyl sites for hydroxylation is 1. The number of aromatic nitrogens is 1. The van der Waals surface area contributed by atoms with Crippen LogP contribution in [0.3, 0.4) is 0 Å². The Bertz CT molecular complexity index is 1010. The van der Waals surface area contributed by atoms with Gasteiger partial charge in [-0.15, -0.1) is 0 Å². The normalized spacial score (nSPS) is 10.3. The number of nitrogen functional groups attached to an aromatic ring is 1. The van der Waals surface area contributed by atoms with Gasteiger partial charge in [-0.05, 0) is 37.6 Å². The van der Waals surface area contributed by atoms with Crippen LogP contribution in [0.5, 0.6) is 11.5 Å². The number of pyridine rings is 1. The number of nitrogens with zero attached hydrogens (tertiary/aromatic N) is 2. The van der Waals surface area contributed by atoms with E-state index in [2.05, 4.69) is 11.1 Å². The minimum absolute atomic E-state index is 0.220. The van der Waals surface area contributed by atoms with Crippen LogP contribution in [-0.4, -0.2) is 18.7 Å². The summed E-state index contributed by atoms with van der Waals surface area (Å²) >= 11 is 0. The summed E-state index contributed by atoms with van der Waals surface area (Å²) in [5.41, 5.74) is 10.5. The van der Waals surface area contributed by atoms with Crippen molar-refractivity contribution in [2.75, 3.05) is 19.5 Å². The molecule has 3 rings (SSSR count). The highest BCUT2D eigenvalue weighted by molar-refractivity contribution is 5.92. The van der Waals surface area contributed by atoms with E-state index in [0.717, 1.165) is 33.7 Å². The van der Waals surface area contributed by atoms with Gasteiger partial charge in [0.15, 0.2) is 0 Å². The lowest BCUT2D eigenvalue weighted by atomic mass is 9.89. The van der Waals surface area contributed by atoms with E-state index in [0.29, 0.717) is 17.9 Å². The van der Waals surface area contributed by atoms with Crippen molar-refractivity contribution in [2.24, 2.45) is 0 Å². The van der Waals surface area contributed by atoms with Crippen LogP contribution < -0.4 is 15.2 Å². The van der Waals surface area contributed by atoms with Crippen LogP contribution >= 0.6 is 0 Å². The first-order chi connectivity index (χ1) is 13.1. The summed E-state index contributed by atoms with van der Waals surface area (Å²) in [5.74, 6) is 1.71. The average molecular weight is 359 g/mol. The van der Waals surface area contributed by atoms with Gasteiger partial charge in [-0.2, -0.15) is 5.26 Å². The van der Waals surface area contributed by atoms with E-state index in [-0.39, 0.29) is 5.82 Å². The quantitative estimate of drug-likeness (QED) is 0.721. The van der Waals surface area contributed by atoms with E-state index in [1.54, 1.807) is 7.11 Å². The number of para-hydroxylation sites is 1. The first-order valence-electron chi connectivity index (χ1n) is 8.67. The molecule has 27 heavy (non-hydrogen) atoms. The highest BCUT2D eigenvalue weighted by atomic mass is 16.5. The van der Waals surface area contributed by atoms with Crippen LogP contribution in [0.2, 0.25) is 0 Å². The van der Waals surface area contributed by atoms with Crippen LogP contribution in [0, 0.1) is 18.3 Å². The van der Waals surface area contributed by atoms with E-state index < -0.39 is 0 Å². The zero-order chi connectivity index (χ0) is 19.4. The van der Waals surface area contributed by atoms with E-state index in [1.807, 2.05) is 62.4 Å². The van der Waals surface area contributed by atoms with Crippen molar-refractivity contribution in [3.63, 3.8) is 0 Å². The van der Waals surface area contributed by atoms with Crippen molar-refractivity contribution < 1.29 is 9.47 Å². The van der Waals surface area contributed by atoms with E-state index >= 15 is 0 Å². The molecule has 1 heterocycles. The molecule has 0 bridgehead atoms. The van der Waals surface area contributed by atoms with Gasteiger partial charge in [-0.25, -0.2) is 4.98 Å². The van der Waals surface area contributed by atoms with Crippen molar-refractivity contribution in [3.05, 3.63) is 59.8 Å². The molecule has 0 aliphatic heterocycles. The molecule has 0 saturated carbocycles. The first-order valence-corrected chi connectivity index (χ1v) is 8.67. The highest BCUT2D eigenvalue weighted by Gasteiger charge is 2.21. The molecule has 3 aromatic rings. The van der Waals surface area contributed by atoms with Gasteiger partial charge in [0, 0.05) is 22.4 Å². The summed E-state index contributed by atoms with van der Waals surface area (Å²) in [4.78, 5) is 4.40. The molecule has 5 nitrogen and oxygen atoms in total. The van der Waals surface area contributed by atoms with Crippen molar-refractivity contribution >= 4 is 5.82 Å². The van der Waals surface area contributed by atoms with Gasteiger partial charge in [0.2, 0.25) is 0 Å². The number of benzene rings is 2. The molecule has 5 heteroatoms. The second-order valence-electron chi connectivity index (χ2n) is 5.98. The Hall–Kier alpha value is -3.52. The van der Waals surface area contributed by atoms with Gasteiger partial charge in [0.05, 0.1) is 13.7 Å². The third-order valence-corrected chi connectivity index (χ3v) is 4.35. The molecular formula is C22H21N3O2. The first kappa shape index (κ1) is 18.3. The Labute approximate surface area is 159 Å². The molecular weight excluding hydrogens is 338 g/mol. The maximum Gasteiger partial charge on any atom is 0.142 e. The van der Waals surface area contributed by atoms with Crippen LogP contribution in [-0.2, 0) is 0 Å². The highest BCUT2D eigenvalue weighted by Crippen LogP contribution is 2.42. The Kier molecular flexibility index (Phi) is 5.28. The summed E-state index contributed by atoms with van der Waals surface area (Å²) < 4.78 is 11.1. The molecule has 0 spiro atoms. The van der Waals surface area contributed by atoms with Gasteiger partial charge in [0.1, 0.15) is 28.9 Å². The molecule has 2 N–H and O–H groups in total. The lowest BCUT2D eigenvalue weighted by molar-refractivity contribution is 0.340. The Morgan fingerprint density at radius 3 is 2.41 bits per heavy atom. The van der Waals surface area contributed by atoms with E-state index in [1.165, 1.54) is 0 Å². The molecule has 0 aliphatic carbocycles. The molecule has 0 unspecified atom stereocenters. The summed E-state index contributed by atoms with van der Waals surface area (Å²) in [6.45, 7) is 4.42. The molecule has 0 radical (unpaired) electrons. The minimum Gasteiger partial charge on any atom is -0.496 e. The third-order valence-electron chi connectivity index (χ3n) is 4.35. The predicted octanol–water partition coefficient (Wildman–Crippen LogP) is 4.59. The van der Waals surface area contributed by atoms with Crippen LogP contribution in [0.4, 0.5) is 5.82 Å². The van der Waals surface area contributed by atoms with Crippen LogP contribution in [0.1, 0.15) is 18.2 Å². The zero-order valence-electron chi connectivity index (χ0n) is 15.6. The largest absolute Gasteiger partial charge is 0.496 e. The van der Waals surface area contributed by atoms with Gasteiger partial charge in [-0.1, -0.05) is 30.3 Å². The van der Waals surface area contributed by atoms with Crippen LogP contribution in [0.25, 0.3) is 22.3 Å². The van der Waals surface area contributed by atoms with Gasteiger partial charge in [-0.3, -0.25) is 0 Å². The maximum absolute atomic E-state index is 9.76. The molecule has 2 aromatic carbocycles. The summed E-state index contributed by atoms with van der Waals surface area (Å²) in [6, 6.07) is 17.5. The summed E-state index contributed by atoms with van der Waals surface area (Å²) in [7, 11) is 1.63. The minimum atomic E-state index is 0.220. The number of hydrogen-bond acceptors (Lipinski definition) is 5. The van der Waals surface area contributed by atoms with Gasteiger partial charge in [0.25, 0.3) is 0 Å². The molecule has 1 aromatic heterocycles. The predicted molar refractivity (Wildman–Crippen MR) is 107 cm³/mol. The standard InChI is InChI=1S/C22H21N3O2/c1-4-27-16-11-9-15(10-12-16)21-18(13-23)22(24)25-14(2)20(21)17-7-5-6-8-19(17)26-3/h5-12H,4H2,1-3H3,(H2,24,25). The van der Waals surface area contributed by atoms with Gasteiger partial charge >= 0.3 is 0 Å². The second-order valence-corrected chi connectivity index (χ2v) is 5.98. The number of ether oxygens (including phenoxy) is 2. The van der Waals surface area contributed by atoms with E-state index in [4.69, 9.17) is 15.2 Å². The fraction of sp³-hybridized carbons (Fsp3) is 0.182. The van der Waals surface area contributed by atoms with Crippen molar-refractivity contribution in [2.45, 2.75) is 13.8 Å². The number of anilines is 1. The van der Waals surface area contributed by atoms with Crippen molar-refractivity contribution in [1.82, 2.24) is 4.98 Å². The molecule has 0 atom stereocenters. The molecule has 0 fully saturated rings. The third kappa shape index (κ3) is 3.42. The zero-order valence-corrected chi connectivity index (χ0v) is 15.6. The molecule has 0 amide bonds. The fourth-order valence-corrected chi connectivity index (χ4v) is 3.19. The van der Waals surface area contributed by atoms with Gasteiger partial charge < -0.3 is 15.2 Å². The molecule has 136 valence electrons. The van der Waals surface area contributed by atoms with Crippen molar-refractivity contribution in [1.29, 1.82) is 5.26 Å². The Morgan fingerprint density at radius 2 is 1.78 bits per heavy atom. The van der Waals surface area contributed by atoms with E-state index in [9.17, 15) is 5.26 Å². The maximum atomic E-state index is 9.76.